The number of nitrogens with one attached hydrogen (secondary N) is 1. The van der Waals surface area contributed by atoms with Gasteiger partial charge in [0.05, 0.1) is 0 Å². The van der Waals surface area contributed by atoms with Crippen LogP contribution in [0.4, 0.5) is 4.79 Å². The summed E-state index contributed by atoms with van der Waals surface area (Å²) >= 11 is 5.49. The zero-order chi connectivity index (χ0) is 9.07. The number of carbonyl (C=O) groups is 1. The molecular weight excluding hydrogens is 166 g/mol. The van der Waals surface area contributed by atoms with Crippen LogP contribution in [0.2, 0.25) is 0 Å². The maximum Gasteiger partial charge on any atom is 0.408 e. The first kappa shape index (κ1) is 10.6. The van der Waals surface area contributed by atoms with Gasteiger partial charge in [0.1, 0.15) is 11.1 Å². The summed E-state index contributed by atoms with van der Waals surface area (Å²) in [5, 5.41) is 2.40. The van der Waals surface area contributed by atoms with Crippen molar-refractivity contribution in [3.05, 3.63) is 0 Å². The highest BCUT2D eigenvalue weighted by Gasteiger charge is 2.16. The van der Waals surface area contributed by atoms with Crippen LogP contribution in [-0.2, 0) is 4.74 Å². The molecule has 0 saturated heterocycles. The average Bonchev–Trinajstić information content (AvgIpc) is 1.53. The molecule has 0 aromatic rings. The minimum absolute atomic E-state index is 0.398. The SMILES string of the molecule is CC(Cl)NC(=O)OC(C)(C)C. The fourth-order valence-electron chi connectivity index (χ4n) is 0.470. The van der Waals surface area contributed by atoms with E-state index in [0.717, 1.165) is 0 Å². The molecule has 3 nitrogen and oxygen atoms in total. The summed E-state index contributed by atoms with van der Waals surface area (Å²) in [5.41, 5.74) is -0.861. The van der Waals surface area contributed by atoms with Crippen molar-refractivity contribution >= 4 is 17.7 Å². The normalized spacial score (nSPS) is 13.9. The van der Waals surface area contributed by atoms with Gasteiger partial charge in [-0.15, -0.1) is 0 Å². The van der Waals surface area contributed by atoms with Crippen molar-refractivity contribution < 1.29 is 9.53 Å². The summed E-state index contributed by atoms with van der Waals surface area (Å²) in [6, 6.07) is 0. The summed E-state index contributed by atoms with van der Waals surface area (Å²) in [6.45, 7) is 7.05. The van der Waals surface area contributed by atoms with E-state index in [0.29, 0.717) is 0 Å². The van der Waals surface area contributed by atoms with Crippen molar-refractivity contribution in [1.29, 1.82) is 0 Å². The number of hydrogen-bond acceptors (Lipinski definition) is 2. The number of carbonyl (C=O) groups excluding carboxylic acids is 1. The average molecular weight is 180 g/mol. The van der Waals surface area contributed by atoms with Gasteiger partial charge in [-0.05, 0) is 27.7 Å². The molecule has 0 rings (SSSR count). The lowest BCUT2D eigenvalue weighted by Gasteiger charge is -2.20. The number of hydrogen-bond donors (Lipinski definition) is 1. The second-order valence-electron chi connectivity index (χ2n) is 3.26. The van der Waals surface area contributed by atoms with E-state index in [1.165, 1.54) is 0 Å². The fraction of sp³-hybridized carbons (Fsp3) is 0.857. The Labute approximate surface area is 72.1 Å². The summed E-state index contributed by atoms with van der Waals surface area (Å²) in [6.07, 6.45) is -0.486. The second-order valence-corrected chi connectivity index (χ2v) is 3.92. The number of rotatable bonds is 1. The van der Waals surface area contributed by atoms with Crippen LogP contribution in [0.1, 0.15) is 27.7 Å². The lowest BCUT2D eigenvalue weighted by atomic mass is 10.2. The molecule has 11 heavy (non-hydrogen) atoms. The Morgan fingerprint density at radius 2 is 2.00 bits per heavy atom. The molecule has 4 heteroatoms. The fourth-order valence-corrected chi connectivity index (χ4v) is 0.559. The van der Waals surface area contributed by atoms with Crippen molar-refractivity contribution in [3.63, 3.8) is 0 Å². The van der Waals surface area contributed by atoms with E-state index in [9.17, 15) is 4.79 Å². The quantitative estimate of drug-likeness (QED) is 0.495. The van der Waals surface area contributed by atoms with E-state index in [1.54, 1.807) is 27.7 Å². The third-order valence-electron chi connectivity index (χ3n) is 0.716. The Balaban J connectivity index is 3.71. The van der Waals surface area contributed by atoms with Crippen molar-refractivity contribution in [3.8, 4) is 0 Å². The molecule has 0 fully saturated rings. The first-order valence-corrected chi connectivity index (χ1v) is 3.88. The van der Waals surface area contributed by atoms with Gasteiger partial charge in [-0.2, -0.15) is 0 Å². The monoisotopic (exact) mass is 179 g/mol. The minimum atomic E-state index is -0.486. The second kappa shape index (κ2) is 3.81. The molecule has 0 aliphatic rings. The third kappa shape index (κ3) is 7.46. The highest BCUT2D eigenvalue weighted by Crippen LogP contribution is 2.06. The Hall–Kier alpha value is -0.440. The molecule has 1 atom stereocenters. The molecule has 1 N–H and O–H groups in total. The van der Waals surface area contributed by atoms with Gasteiger partial charge in [0.15, 0.2) is 0 Å². The predicted octanol–water partition coefficient (Wildman–Crippen LogP) is 2.10. The summed E-state index contributed by atoms with van der Waals surface area (Å²) in [7, 11) is 0. The number of alkyl carbamates (subject to hydrolysis) is 1. The Kier molecular flexibility index (Phi) is 3.66. The largest absolute Gasteiger partial charge is 0.444 e. The molecule has 0 aliphatic carbocycles. The number of alkyl halides is 1. The standard InChI is InChI=1S/C7H14ClNO2/c1-5(8)9-6(10)11-7(2,3)4/h5H,1-4H3,(H,9,10). The van der Waals surface area contributed by atoms with Crippen LogP contribution in [0.3, 0.4) is 0 Å². The van der Waals surface area contributed by atoms with E-state index < -0.39 is 17.2 Å². The molecule has 0 aromatic carbocycles. The van der Waals surface area contributed by atoms with Gasteiger partial charge in [-0.25, -0.2) is 4.79 Å². The van der Waals surface area contributed by atoms with Gasteiger partial charge >= 0.3 is 6.09 Å². The molecule has 66 valence electrons. The predicted molar refractivity (Wildman–Crippen MR) is 44.7 cm³/mol. The molecule has 0 aliphatic heterocycles. The maximum atomic E-state index is 10.9. The van der Waals surface area contributed by atoms with Crippen molar-refractivity contribution in [1.82, 2.24) is 5.32 Å². The van der Waals surface area contributed by atoms with Crippen LogP contribution < -0.4 is 5.32 Å². The van der Waals surface area contributed by atoms with Gasteiger partial charge in [-0.1, -0.05) is 11.6 Å². The topological polar surface area (TPSA) is 38.3 Å². The maximum absolute atomic E-state index is 10.9. The summed E-state index contributed by atoms with van der Waals surface area (Å²) in [4.78, 5) is 10.9. The van der Waals surface area contributed by atoms with Crippen molar-refractivity contribution in [2.75, 3.05) is 0 Å². The van der Waals surface area contributed by atoms with Crippen molar-refractivity contribution in [2.24, 2.45) is 0 Å². The van der Waals surface area contributed by atoms with E-state index in [1.807, 2.05) is 0 Å². The summed E-state index contributed by atoms with van der Waals surface area (Å²) < 4.78 is 4.91. The highest BCUT2D eigenvalue weighted by atomic mass is 35.5. The lowest BCUT2D eigenvalue weighted by Crippen LogP contribution is -2.35. The van der Waals surface area contributed by atoms with Crippen LogP contribution in [0.25, 0.3) is 0 Å². The van der Waals surface area contributed by atoms with Crippen molar-refractivity contribution in [2.45, 2.75) is 38.8 Å². The highest BCUT2D eigenvalue weighted by molar-refractivity contribution is 6.20. The first-order chi connectivity index (χ1) is 4.81. The van der Waals surface area contributed by atoms with Gasteiger partial charge in [-0.3, -0.25) is 0 Å². The lowest BCUT2D eigenvalue weighted by molar-refractivity contribution is 0.0524. The summed E-state index contributed by atoms with van der Waals surface area (Å²) in [5.74, 6) is 0. The first-order valence-electron chi connectivity index (χ1n) is 3.45. The van der Waals surface area contributed by atoms with E-state index >= 15 is 0 Å². The zero-order valence-electron chi connectivity index (χ0n) is 7.27. The molecule has 0 spiro atoms. The van der Waals surface area contributed by atoms with Gasteiger partial charge < -0.3 is 10.1 Å². The van der Waals surface area contributed by atoms with E-state index in [-0.39, 0.29) is 0 Å². The van der Waals surface area contributed by atoms with Gasteiger partial charge in [0, 0.05) is 0 Å². The van der Waals surface area contributed by atoms with E-state index in [4.69, 9.17) is 16.3 Å². The molecule has 1 unspecified atom stereocenters. The molecular formula is C7H14ClNO2. The van der Waals surface area contributed by atoms with Crippen LogP contribution >= 0.6 is 11.6 Å². The smallest absolute Gasteiger partial charge is 0.408 e. The molecule has 1 amide bonds. The van der Waals surface area contributed by atoms with Crippen LogP contribution in [0.5, 0.6) is 0 Å². The van der Waals surface area contributed by atoms with Gasteiger partial charge in [0.2, 0.25) is 0 Å². The minimum Gasteiger partial charge on any atom is -0.444 e. The molecule has 0 radical (unpaired) electrons. The van der Waals surface area contributed by atoms with Gasteiger partial charge in [0.25, 0.3) is 0 Å². The molecule has 0 aromatic heterocycles. The number of amides is 1. The van der Waals surface area contributed by atoms with Crippen LogP contribution in [0, 0.1) is 0 Å². The molecule has 0 heterocycles. The Bertz CT molecular complexity index is 140. The van der Waals surface area contributed by atoms with E-state index in [2.05, 4.69) is 5.32 Å². The Morgan fingerprint density at radius 1 is 1.55 bits per heavy atom. The van der Waals surface area contributed by atoms with Crippen LogP contribution in [-0.4, -0.2) is 17.2 Å². The third-order valence-corrected chi connectivity index (χ3v) is 0.825. The van der Waals surface area contributed by atoms with Crippen LogP contribution in [0.15, 0.2) is 0 Å². The Morgan fingerprint density at radius 3 is 2.27 bits per heavy atom. The number of halogens is 1. The zero-order valence-corrected chi connectivity index (χ0v) is 8.03. The number of ether oxygens (including phenoxy) is 1. The molecule has 0 bridgehead atoms. The molecule has 0 saturated carbocycles.